The van der Waals surface area contributed by atoms with Gasteiger partial charge in [0.25, 0.3) is 5.91 Å². The maximum Gasteiger partial charge on any atom is 0.254 e. The van der Waals surface area contributed by atoms with E-state index in [2.05, 4.69) is 49.6 Å². The number of piperazine rings is 1. The van der Waals surface area contributed by atoms with E-state index in [0.29, 0.717) is 0 Å². The molecule has 0 atom stereocenters. The van der Waals surface area contributed by atoms with Crippen molar-refractivity contribution in [1.29, 1.82) is 0 Å². The Kier molecular flexibility index (Phi) is 6.01. The Labute approximate surface area is 159 Å². The number of hydrogen-bond acceptors (Lipinski definition) is 4. The summed E-state index contributed by atoms with van der Waals surface area (Å²) in [5.74, 6) is 0.850. The van der Waals surface area contributed by atoms with E-state index in [0.717, 1.165) is 61.6 Å². The van der Waals surface area contributed by atoms with Gasteiger partial charge >= 0.3 is 0 Å². The Hall–Kier alpha value is -1.62. The zero-order valence-corrected chi connectivity index (χ0v) is 17.7. The number of carbonyl (C=O) groups excluding carboxylic acids is 1. The summed E-state index contributed by atoms with van der Waals surface area (Å²) in [4.78, 5) is 21.9. The van der Waals surface area contributed by atoms with Gasteiger partial charge in [-0.2, -0.15) is 0 Å². The van der Waals surface area contributed by atoms with Crippen LogP contribution in [0.5, 0.6) is 0 Å². The molecular formula is C21H36N4O. The van der Waals surface area contributed by atoms with Gasteiger partial charge in [0.05, 0.1) is 0 Å². The second-order valence-electron chi connectivity index (χ2n) is 9.14. The van der Waals surface area contributed by atoms with Crippen molar-refractivity contribution >= 4 is 12.6 Å². The summed E-state index contributed by atoms with van der Waals surface area (Å²) in [6.45, 7) is 21.9. The molecule has 0 bridgehead atoms. The molecule has 1 amide bonds. The molecule has 1 aliphatic carbocycles. The molecule has 1 heterocycles. The zero-order valence-electron chi connectivity index (χ0n) is 17.7. The lowest BCUT2D eigenvalue weighted by atomic mass is 9.99. The summed E-state index contributed by atoms with van der Waals surface area (Å²) < 4.78 is 0. The monoisotopic (exact) mass is 360 g/mol. The molecule has 1 saturated carbocycles. The van der Waals surface area contributed by atoms with Crippen molar-refractivity contribution in [2.45, 2.75) is 72.4 Å². The number of amides is 1. The highest BCUT2D eigenvalue weighted by Crippen LogP contribution is 2.36. The molecular weight excluding hydrogens is 324 g/mol. The standard InChI is InChI=1S/C21H36N4O/c1-15(2)17(16(3)18(22-8)23-21(7)9-10-21)19(26)24-11-13-25(14-12-24)20(4,5)6/h23H,8-14H2,1-7H3/b18-16-. The highest BCUT2D eigenvalue weighted by Gasteiger charge is 2.38. The number of carbonyl (C=O) groups is 1. The number of hydrogen-bond donors (Lipinski definition) is 1. The summed E-state index contributed by atoms with van der Waals surface area (Å²) in [6.07, 6.45) is 2.26. The van der Waals surface area contributed by atoms with Crippen molar-refractivity contribution in [1.82, 2.24) is 15.1 Å². The minimum Gasteiger partial charge on any atom is -0.365 e. The van der Waals surface area contributed by atoms with E-state index in [9.17, 15) is 4.79 Å². The largest absolute Gasteiger partial charge is 0.365 e. The Morgan fingerprint density at radius 1 is 1.08 bits per heavy atom. The fourth-order valence-electron chi connectivity index (χ4n) is 3.46. The van der Waals surface area contributed by atoms with E-state index in [4.69, 9.17) is 0 Å². The average molecular weight is 361 g/mol. The summed E-state index contributed by atoms with van der Waals surface area (Å²) >= 11 is 0. The summed E-state index contributed by atoms with van der Waals surface area (Å²) in [7, 11) is 0. The van der Waals surface area contributed by atoms with Gasteiger partial charge in [0.2, 0.25) is 0 Å². The summed E-state index contributed by atoms with van der Waals surface area (Å²) in [5, 5.41) is 3.47. The molecule has 5 heteroatoms. The molecule has 0 aromatic heterocycles. The van der Waals surface area contributed by atoms with Crippen molar-refractivity contribution in [3.63, 3.8) is 0 Å². The van der Waals surface area contributed by atoms with Gasteiger partial charge in [0, 0.05) is 48.4 Å². The first kappa shape index (κ1) is 20.7. The van der Waals surface area contributed by atoms with Crippen LogP contribution < -0.4 is 5.32 Å². The molecule has 5 nitrogen and oxygen atoms in total. The SMILES string of the molecule is C=N/C(NC1(C)CC1)=C(\C)C(C(=O)N1CCN(C(C)(C)C)CC1)=C(C)C. The molecule has 1 saturated heterocycles. The molecule has 2 rings (SSSR count). The van der Waals surface area contributed by atoms with Crippen LogP contribution in [0.25, 0.3) is 0 Å². The first-order valence-electron chi connectivity index (χ1n) is 9.66. The molecule has 26 heavy (non-hydrogen) atoms. The zero-order chi connectivity index (χ0) is 19.7. The lowest BCUT2D eigenvalue weighted by Gasteiger charge is -2.42. The lowest BCUT2D eigenvalue weighted by molar-refractivity contribution is -0.129. The van der Waals surface area contributed by atoms with E-state index in [-0.39, 0.29) is 17.0 Å². The van der Waals surface area contributed by atoms with Crippen molar-refractivity contribution in [2.24, 2.45) is 4.99 Å². The quantitative estimate of drug-likeness (QED) is 0.465. The number of allylic oxidation sites excluding steroid dienone is 1. The van der Waals surface area contributed by atoms with E-state index >= 15 is 0 Å². The van der Waals surface area contributed by atoms with Gasteiger partial charge in [-0.3, -0.25) is 9.69 Å². The van der Waals surface area contributed by atoms with Crippen LogP contribution in [-0.4, -0.2) is 59.7 Å². The Morgan fingerprint density at radius 2 is 1.62 bits per heavy atom. The van der Waals surface area contributed by atoms with Crippen LogP contribution in [-0.2, 0) is 4.79 Å². The molecule has 1 aliphatic heterocycles. The maximum absolute atomic E-state index is 13.3. The number of nitrogens with one attached hydrogen (secondary N) is 1. The minimum absolute atomic E-state index is 0.103. The first-order chi connectivity index (χ1) is 12.0. The van der Waals surface area contributed by atoms with Crippen LogP contribution in [0.15, 0.2) is 27.5 Å². The third-order valence-electron chi connectivity index (χ3n) is 5.54. The van der Waals surface area contributed by atoms with Crippen molar-refractivity contribution in [3.8, 4) is 0 Å². The molecule has 0 aromatic rings. The van der Waals surface area contributed by atoms with E-state index in [1.807, 2.05) is 25.7 Å². The highest BCUT2D eigenvalue weighted by atomic mass is 16.2. The smallest absolute Gasteiger partial charge is 0.254 e. The average Bonchev–Trinajstić information content (AvgIpc) is 3.29. The number of rotatable bonds is 5. The van der Waals surface area contributed by atoms with Crippen LogP contribution in [0.4, 0.5) is 0 Å². The normalized spacial score (nSPS) is 21.0. The molecule has 0 unspecified atom stereocenters. The number of nitrogens with zero attached hydrogens (tertiary/aromatic N) is 3. The number of aliphatic imine (C=N–C) groups is 1. The van der Waals surface area contributed by atoms with E-state index in [1.54, 1.807) is 0 Å². The van der Waals surface area contributed by atoms with Gasteiger partial charge < -0.3 is 10.2 Å². The summed E-state index contributed by atoms with van der Waals surface area (Å²) in [6, 6.07) is 0. The van der Waals surface area contributed by atoms with Crippen LogP contribution in [0, 0.1) is 0 Å². The van der Waals surface area contributed by atoms with Crippen LogP contribution >= 0.6 is 0 Å². The minimum atomic E-state index is 0.103. The van der Waals surface area contributed by atoms with Crippen molar-refractivity contribution in [3.05, 3.63) is 22.5 Å². The Bertz CT molecular complexity index is 623. The van der Waals surface area contributed by atoms with Gasteiger partial charge in [-0.15, -0.1) is 0 Å². The maximum atomic E-state index is 13.3. The van der Waals surface area contributed by atoms with Crippen molar-refractivity contribution in [2.75, 3.05) is 26.2 Å². The van der Waals surface area contributed by atoms with E-state index in [1.165, 1.54) is 0 Å². The van der Waals surface area contributed by atoms with Crippen molar-refractivity contribution < 1.29 is 4.79 Å². The third kappa shape index (κ3) is 4.76. The van der Waals surface area contributed by atoms with Crippen LogP contribution in [0.2, 0.25) is 0 Å². The van der Waals surface area contributed by atoms with Gasteiger partial charge in [-0.1, -0.05) is 5.57 Å². The van der Waals surface area contributed by atoms with Gasteiger partial charge in [-0.25, -0.2) is 4.99 Å². The second-order valence-corrected chi connectivity index (χ2v) is 9.14. The Morgan fingerprint density at radius 3 is 2.00 bits per heavy atom. The fourth-order valence-corrected chi connectivity index (χ4v) is 3.46. The fraction of sp³-hybridized carbons (Fsp3) is 0.714. The molecule has 0 aromatic carbocycles. The predicted octanol–water partition coefficient (Wildman–Crippen LogP) is 3.34. The molecule has 0 spiro atoms. The Balaban J connectivity index is 2.18. The van der Waals surface area contributed by atoms with Gasteiger partial charge in [-0.05, 0) is 68.0 Å². The second kappa shape index (κ2) is 7.55. The summed E-state index contributed by atoms with van der Waals surface area (Å²) in [5.41, 5.74) is 2.94. The predicted molar refractivity (Wildman–Crippen MR) is 109 cm³/mol. The lowest BCUT2D eigenvalue weighted by Crippen LogP contribution is -2.55. The van der Waals surface area contributed by atoms with E-state index < -0.39 is 0 Å². The third-order valence-corrected chi connectivity index (χ3v) is 5.54. The van der Waals surface area contributed by atoms with Gasteiger partial charge in [0.15, 0.2) is 0 Å². The molecule has 1 N–H and O–H groups in total. The highest BCUT2D eigenvalue weighted by molar-refractivity contribution is 5.98. The van der Waals surface area contributed by atoms with Gasteiger partial charge in [0.1, 0.15) is 5.82 Å². The molecule has 0 radical (unpaired) electrons. The van der Waals surface area contributed by atoms with Crippen LogP contribution in [0.3, 0.4) is 0 Å². The topological polar surface area (TPSA) is 47.9 Å². The first-order valence-corrected chi connectivity index (χ1v) is 9.66. The molecule has 2 aliphatic rings. The molecule has 146 valence electrons. The molecule has 2 fully saturated rings. The van der Waals surface area contributed by atoms with Crippen LogP contribution in [0.1, 0.15) is 61.3 Å².